The second-order valence-electron chi connectivity index (χ2n) is 37.2. The summed E-state index contributed by atoms with van der Waals surface area (Å²) >= 11 is 0. The summed E-state index contributed by atoms with van der Waals surface area (Å²) in [5.74, 6) is 2.70. The summed E-state index contributed by atoms with van der Waals surface area (Å²) in [6.45, 7) is 41.9. The van der Waals surface area contributed by atoms with Crippen molar-refractivity contribution in [2.45, 2.75) is 239 Å². The summed E-state index contributed by atoms with van der Waals surface area (Å²) < 4.78 is 20.8. The summed E-state index contributed by atoms with van der Waals surface area (Å²) in [7, 11) is 10.9. The molecule has 8 aliphatic rings. The van der Waals surface area contributed by atoms with Crippen LogP contribution in [0.4, 0.5) is 0 Å². The van der Waals surface area contributed by atoms with Crippen molar-refractivity contribution < 1.29 is 24.2 Å². The zero-order valence-corrected chi connectivity index (χ0v) is 67.7. The van der Waals surface area contributed by atoms with Crippen LogP contribution in [0.2, 0.25) is 0 Å². The first kappa shape index (κ1) is 71.5. The van der Waals surface area contributed by atoms with E-state index in [1.807, 2.05) is 0 Å². The lowest BCUT2D eigenvalue weighted by Gasteiger charge is -2.34. The van der Waals surface area contributed by atoms with Crippen LogP contribution in [0.1, 0.15) is 262 Å². The first-order chi connectivity index (χ1) is 49.4. The number of pyridine rings is 5. The summed E-state index contributed by atoms with van der Waals surface area (Å²) in [6.07, 6.45) is 23.0. The van der Waals surface area contributed by atoms with Crippen LogP contribution in [0.5, 0.6) is 0 Å². The summed E-state index contributed by atoms with van der Waals surface area (Å²) in [6, 6.07) is 55.3. The van der Waals surface area contributed by atoms with Crippen LogP contribution in [-0.2, 0) is 62.3 Å². The lowest BCUT2D eigenvalue weighted by atomic mass is 9.69. The molecule has 6 bridgehead atoms. The molecule has 0 aliphatic heterocycles. The number of fused-ring (bicyclic) bond motifs is 17. The van der Waals surface area contributed by atoms with E-state index < -0.39 is 5.89 Å². The highest BCUT2D eigenvalue weighted by atomic mass is 15.0. The van der Waals surface area contributed by atoms with Gasteiger partial charge in [0.05, 0.1) is 0 Å². The minimum atomic E-state index is -0.456. The van der Waals surface area contributed by atoms with Gasteiger partial charge in [-0.2, -0.15) is 0 Å². The molecule has 8 aliphatic carbocycles. The van der Waals surface area contributed by atoms with Crippen molar-refractivity contribution in [3.8, 4) is 56.3 Å². The maximum Gasteiger partial charge on any atom is 0.216 e. The topological polar surface area (TPSA) is 19.4 Å². The minimum absolute atomic E-state index is 0.0142. The fraction of sp³-hybridized carbons (Fsp3) is 0.444. The van der Waals surface area contributed by atoms with Crippen molar-refractivity contribution >= 4 is 0 Å². The second-order valence-corrected chi connectivity index (χ2v) is 37.2. The van der Waals surface area contributed by atoms with Gasteiger partial charge < -0.3 is 0 Å². The Morgan fingerprint density at radius 2 is 0.769 bits per heavy atom. The molecule has 0 amide bonds. The number of rotatable bonds is 5. The van der Waals surface area contributed by atoms with Gasteiger partial charge in [-0.3, -0.25) is 0 Å². The molecule has 18 rings (SSSR count). The van der Waals surface area contributed by atoms with Crippen molar-refractivity contribution in [2.24, 2.45) is 46.1 Å². The highest BCUT2D eigenvalue weighted by Crippen LogP contribution is 2.68. The molecule has 0 saturated heterocycles. The SMILES string of the molecule is Cc1ccccc1-c1c2c(cc[n+]1C)C(C)(C)CC2(C)C.Cc1ccccc1-c1c2c(cc[n+]1C)C1CCC2C1.Cc1ccccc1-c1cc2c(c[n+]1C)C(C)(C)CC2(C)C.Cc1ccccc1-c1cc2c(c[n+]1C)C1CCC2C1(C)C.[2H]C12CCC(C)(c3c[n+](C)c(-c4ccccc4C)cc31)C2(C)C. The Kier molecular flexibility index (Phi) is 18.1. The Balaban J connectivity index is 0.000000111. The quantitative estimate of drug-likeness (QED) is 0.153. The summed E-state index contributed by atoms with van der Waals surface area (Å²) in [5.41, 5.74) is 37.0. The lowest BCUT2D eigenvalue weighted by Crippen LogP contribution is -2.36. The van der Waals surface area contributed by atoms with E-state index in [0.717, 1.165) is 36.5 Å². The van der Waals surface area contributed by atoms with E-state index in [4.69, 9.17) is 0 Å². The number of nitrogens with zero attached hydrogens (tertiary/aromatic N) is 5. The van der Waals surface area contributed by atoms with Crippen molar-refractivity contribution in [2.75, 3.05) is 0 Å². The number of aromatic nitrogens is 5. The third-order valence-corrected chi connectivity index (χ3v) is 27.8. The van der Waals surface area contributed by atoms with Gasteiger partial charge in [-0.1, -0.05) is 181 Å². The molecule has 5 nitrogen and oxygen atoms in total. The van der Waals surface area contributed by atoms with Gasteiger partial charge in [0, 0.05) is 92.8 Å². The molecule has 0 radical (unpaired) electrons. The van der Waals surface area contributed by atoms with Gasteiger partial charge in [0.15, 0.2) is 31.0 Å². The van der Waals surface area contributed by atoms with Gasteiger partial charge in [-0.15, -0.1) is 0 Å². The molecule has 538 valence electrons. The van der Waals surface area contributed by atoms with Gasteiger partial charge in [0.1, 0.15) is 35.2 Å². The van der Waals surface area contributed by atoms with Crippen molar-refractivity contribution in [1.82, 2.24) is 0 Å². The van der Waals surface area contributed by atoms with Crippen LogP contribution < -0.4 is 22.8 Å². The predicted octanol–water partition coefficient (Wildman–Crippen LogP) is 21.9. The molecule has 5 aromatic heterocycles. The number of aryl methyl sites for hydroxylation is 10. The molecule has 3 fully saturated rings. The normalized spacial score (nSPS) is 23.7. The first-order valence-corrected chi connectivity index (χ1v) is 39.4. The second kappa shape index (κ2) is 26.4. The van der Waals surface area contributed by atoms with E-state index >= 15 is 0 Å². The molecular formula is C99H122N5+5. The Hall–Kier alpha value is -8.15. The molecule has 6 atom stereocenters. The standard InChI is InChI=1S/C21H26N.C20H24N.2C20H26N.C18H20N/c1-14-8-6-7-9-15(14)19-12-16-17-10-11-21(4,20(17,2)3)18(16)13-22(19)5;1-13-7-5-6-8-14(13)19-11-15-16(12-21(19)4)18-10-9-17(15)20(18,2)3;1-14-9-7-8-10-15(14)18-11-16-17(12-21(18)6)20(4,5)13-19(16,2)3;1-14-9-7-8-10-15(14)18-17-16(11-12-21(18)6)19(2,3)13-20(17,4)5;1-12-5-3-4-6-15(12)18-17-14-8-7-13(11-14)16(17)9-10-19(18)2/h6-9,12-13,17H,10-11H2,1-5H3;5-8,11-12,17-18H,9-10H2,1-4H3;2*7-12H,13H2,1-6H3;3-6,9-10,13-14H,7-8,11H2,1-2H3/q5*+1/i17D;;;;. The Labute approximate surface area is 628 Å². The fourth-order valence-corrected chi connectivity index (χ4v) is 22.3. The van der Waals surface area contributed by atoms with E-state index in [2.05, 4.69) is 365 Å². The molecule has 10 aromatic rings. The maximum absolute atomic E-state index is 9.25. The minimum Gasteiger partial charge on any atom is -0.201 e. The first-order valence-electron chi connectivity index (χ1n) is 39.9. The molecule has 0 N–H and O–H groups in total. The zero-order valence-electron chi connectivity index (χ0n) is 68.7. The average molecular weight is 1380 g/mol. The third-order valence-electron chi connectivity index (χ3n) is 27.8. The molecule has 3 saturated carbocycles. The Morgan fingerprint density at radius 1 is 0.356 bits per heavy atom. The molecular weight excluding hydrogens is 1260 g/mol. The summed E-state index contributed by atoms with van der Waals surface area (Å²) in [4.78, 5) is 0. The van der Waals surface area contributed by atoms with Crippen LogP contribution in [0, 0.1) is 45.4 Å². The van der Waals surface area contributed by atoms with Gasteiger partial charge in [0.2, 0.25) is 28.5 Å². The van der Waals surface area contributed by atoms with E-state index in [1.54, 1.807) is 22.3 Å². The van der Waals surface area contributed by atoms with E-state index in [0.29, 0.717) is 5.41 Å². The smallest absolute Gasteiger partial charge is 0.201 e. The molecule has 5 aromatic carbocycles. The maximum atomic E-state index is 9.25. The molecule has 104 heavy (non-hydrogen) atoms. The van der Waals surface area contributed by atoms with Gasteiger partial charge in [-0.05, 0) is 240 Å². The highest BCUT2D eigenvalue weighted by molar-refractivity contribution is 5.71. The van der Waals surface area contributed by atoms with Gasteiger partial charge in [-0.25, -0.2) is 22.8 Å². The lowest BCUT2D eigenvalue weighted by molar-refractivity contribution is -0.661. The Bertz CT molecular complexity index is 5090. The zero-order chi connectivity index (χ0) is 75.2. The number of hydrogen-bond acceptors (Lipinski definition) is 0. The number of benzene rings is 5. The van der Waals surface area contributed by atoms with Crippen molar-refractivity contribution in [3.05, 3.63) is 266 Å². The monoisotopic (exact) mass is 1380 g/mol. The van der Waals surface area contributed by atoms with Crippen LogP contribution in [0.3, 0.4) is 0 Å². The number of hydrogen-bond donors (Lipinski definition) is 0. The van der Waals surface area contributed by atoms with Crippen LogP contribution >= 0.6 is 0 Å². The van der Waals surface area contributed by atoms with Crippen molar-refractivity contribution in [3.63, 3.8) is 0 Å². The Morgan fingerprint density at radius 3 is 1.31 bits per heavy atom. The molecule has 0 spiro atoms. The van der Waals surface area contributed by atoms with E-state index in [1.165, 1.54) is 162 Å². The van der Waals surface area contributed by atoms with Crippen LogP contribution in [0.25, 0.3) is 56.3 Å². The molecule has 5 heteroatoms. The van der Waals surface area contributed by atoms with Crippen LogP contribution in [-0.4, -0.2) is 0 Å². The predicted molar refractivity (Wildman–Crippen MR) is 431 cm³/mol. The van der Waals surface area contributed by atoms with Crippen molar-refractivity contribution in [1.29, 1.82) is 0 Å². The summed E-state index contributed by atoms with van der Waals surface area (Å²) in [5, 5.41) is 0. The largest absolute Gasteiger partial charge is 0.216 e. The highest BCUT2D eigenvalue weighted by Gasteiger charge is 2.61. The van der Waals surface area contributed by atoms with Gasteiger partial charge >= 0.3 is 0 Å². The molecule has 5 heterocycles. The van der Waals surface area contributed by atoms with E-state index in [9.17, 15) is 1.37 Å². The third kappa shape index (κ3) is 12.2. The fourth-order valence-electron chi connectivity index (χ4n) is 22.3. The van der Waals surface area contributed by atoms with Gasteiger partial charge in [0.25, 0.3) is 0 Å². The van der Waals surface area contributed by atoms with Crippen LogP contribution in [0.15, 0.2) is 183 Å². The molecule has 6 unspecified atom stereocenters. The average Bonchev–Trinajstić information content (AvgIpc) is 1.50. The van der Waals surface area contributed by atoms with E-state index in [-0.39, 0.29) is 32.5 Å².